The van der Waals surface area contributed by atoms with E-state index in [1.807, 2.05) is 0 Å². The van der Waals surface area contributed by atoms with Crippen LogP contribution >= 0.6 is 0 Å². The molecular formula is C15H12F2O4. The van der Waals surface area contributed by atoms with E-state index < -0.39 is 17.6 Å². The van der Waals surface area contributed by atoms with E-state index >= 15 is 0 Å². The van der Waals surface area contributed by atoms with Crippen LogP contribution in [0.4, 0.5) is 8.78 Å². The van der Waals surface area contributed by atoms with Crippen molar-refractivity contribution in [3.63, 3.8) is 0 Å². The van der Waals surface area contributed by atoms with Crippen LogP contribution in [0.15, 0.2) is 30.3 Å². The van der Waals surface area contributed by atoms with Crippen molar-refractivity contribution < 1.29 is 28.2 Å². The SMILES string of the molecule is COc1ccc(-c2cc(C(=O)O)cc(F)c2F)cc1OC. The summed E-state index contributed by atoms with van der Waals surface area (Å²) in [6, 6.07) is 6.18. The second kappa shape index (κ2) is 5.78. The summed E-state index contributed by atoms with van der Waals surface area (Å²) in [4.78, 5) is 10.9. The molecule has 0 aliphatic rings. The highest BCUT2D eigenvalue weighted by Crippen LogP contribution is 2.34. The van der Waals surface area contributed by atoms with Crippen molar-refractivity contribution in [3.8, 4) is 22.6 Å². The van der Waals surface area contributed by atoms with Crippen LogP contribution in [0.25, 0.3) is 11.1 Å². The molecular weight excluding hydrogens is 282 g/mol. The van der Waals surface area contributed by atoms with Crippen molar-refractivity contribution in [2.45, 2.75) is 0 Å². The average Bonchev–Trinajstić information content (AvgIpc) is 2.48. The van der Waals surface area contributed by atoms with Gasteiger partial charge in [-0.2, -0.15) is 0 Å². The lowest BCUT2D eigenvalue weighted by molar-refractivity contribution is 0.0696. The molecule has 0 saturated carbocycles. The summed E-state index contributed by atoms with van der Waals surface area (Å²) >= 11 is 0. The monoisotopic (exact) mass is 294 g/mol. The highest BCUT2D eigenvalue weighted by molar-refractivity contribution is 5.89. The zero-order chi connectivity index (χ0) is 15.6. The Hall–Kier alpha value is -2.63. The van der Waals surface area contributed by atoms with Gasteiger partial charge in [-0.05, 0) is 29.8 Å². The van der Waals surface area contributed by atoms with Crippen molar-refractivity contribution in [1.82, 2.24) is 0 Å². The summed E-state index contributed by atoms with van der Waals surface area (Å²) < 4.78 is 37.6. The quantitative estimate of drug-likeness (QED) is 0.939. The highest BCUT2D eigenvalue weighted by atomic mass is 19.2. The Morgan fingerprint density at radius 1 is 1.05 bits per heavy atom. The Morgan fingerprint density at radius 2 is 1.71 bits per heavy atom. The maximum Gasteiger partial charge on any atom is 0.335 e. The van der Waals surface area contributed by atoms with Gasteiger partial charge in [-0.3, -0.25) is 0 Å². The summed E-state index contributed by atoms with van der Waals surface area (Å²) in [5.41, 5.74) is -0.209. The molecule has 0 saturated heterocycles. The van der Waals surface area contributed by atoms with Crippen molar-refractivity contribution in [2.75, 3.05) is 14.2 Å². The molecule has 0 unspecified atom stereocenters. The average molecular weight is 294 g/mol. The van der Waals surface area contributed by atoms with Gasteiger partial charge in [0.05, 0.1) is 19.8 Å². The lowest BCUT2D eigenvalue weighted by atomic mass is 10.0. The van der Waals surface area contributed by atoms with Gasteiger partial charge in [0.15, 0.2) is 23.1 Å². The van der Waals surface area contributed by atoms with Crippen molar-refractivity contribution in [3.05, 3.63) is 47.5 Å². The molecule has 0 amide bonds. The summed E-state index contributed by atoms with van der Waals surface area (Å²) in [6.45, 7) is 0. The molecule has 2 aromatic rings. The first-order chi connectivity index (χ1) is 9.97. The molecule has 0 bridgehead atoms. The fourth-order valence-electron chi connectivity index (χ4n) is 1.93. The van der Waals surface area contributed by atoms with Crippen LogP contribution in [0.1, 0.15) is 10.4 Å². The normalized spacial score (nSPS) is 10.3. The standard InChI is InChI=1S/C15H12F2O4/c1-20-12-4-3-8(7-13(12)21-2)10-5-9(15(18)19)6-11(16)14(10)17/h3-7H,1-2H3,(H,18,19). The van der Waals surface area contributed by atoms with Gasteiger partial charge in [-0.1, -0.05) is 6.07 Å². The molecule has 0 spiro atoms. The lowest BCUT2D eigenvalue weighted by Crippen LogP contribution is -2.01. The zero-order valence-corrected chi connectivity index (χ0v) is 11.3. The summed E-state index contributed by atoms with van der Waals surface area (Å²) in [5.74, 6) is -2.92. The van der Waals surface area contributed by atoms with Crippen molar-refractivity contribution >= 4 is 5.97 Å². The van der Waals surface area contributed by atoms with Crippen LogP contribution in [0.5, 0.6) is 11.5 Å². The van der Waals surface area contributed by atoms with Gasteiger partial charge in [-0.25, -0.2) is 13.6 Å². The van der Waals surface area contributed by atoms with Gasteiger partial charge < -0.3 is 14.6 Å². The summed E-state index contributed by atoms with van der Waals surface area (Å²) in [7, 11) is 2.86. The fourth-order valence-corrected chi connectivity index (χ4v) is 1.93. The van der Waals surface area contributed by atoms with E-state index in [1.54, 1.807) is 0 Å². The van der Waals surface area contributed by atoms with Crippen molar-refractivity contribution in [2.24, 2.45) is 0 Å². The van der Waals surface area contributed by atoms with E-state index in [1.165, 1.54) is 32.4 Å². The minimum Gasteiger partial charge on any atom is -0.493 e. The fraction of sp³-hybridized carbons (Fsp3) is 0.133. The minimum atomic E-state index is -1.34. The largest absolute Gasteiger partial charge is 0.493 e. The number of hydrogen-bond donors (Lipinski definition) is 1. The Balaban J connectivity index is 2.63. The number of carboxylic acids is 1. The molecule has 0 heterocycles. The number of carbonyl (C=O) groups is 1. The predicted molar refractivity (Wildman–Crippen MR) is 71.9 cm³/mol. The van der Waals surface area contributed by atoms with E-state index in [0.717, 1.165) is 6.07 Å². The molecule has 4 nitrogen and oxygen atoms in total. The van der Waals surface area contributed by atoms with E-state index in [0.29, 0.717) is 17.6 Å². The molecule has 2 aromatic carbocycles. The molecule has 110 valence electrons. The highest BCUT2D eigenvalue weighted by Gasteiger charge is 2.17. The first kappa shape index (κ1) is 14.8. The number of methoxy groups -OCH3 is 2. The molecule has 1 N–H and O–H groups in total. The van der Waals surface area contributed by atoms with Crippen LogP contribution in [-0.2, 0) is 0 Å². The molecule has 0 aliphatic carbocycles. The molecule has 0 atom stereocenters. The third-order valence-corrected chi connectivity index (χ3v) is 2.97. The zero-order valence-electron chi connectivity index (χ0n) is 11.3. The second-order valence-corrected chi connectivity index (χ2v) is 4.19. The molecule has 0 radical (unpaired) electrons. The third-order valence-electron chi connectivity index (χ3n) is 2.97. The summed E-state index contributed by atoms with van der Waals surface area (Å²) in [5, 5.41) is 8.92. The minimum absolute atomic E-state index is 0.159. The Kier molecular flexibility index (Phi) is 4.07. The van der Waals surface area contributed by atoms with Gasteiger partial charge in [0, 0.05) is 5.56 Å². The van der Waals surface area contributed by atoms with E-state index in [-0.39, 0.29) is 16.7 Å². The maximum absolute atomic E-state index is 13.9. The molecule has 6 heteroatoms. The van der Waals surface area contributed by atoms with Gasteiger partial charge >= 0.3 is 5.97 Å². The predicted octanol–water partition coefficient (Wildman–Crippen LogP) is 3.35. The van der Waals surface area contributed by atoms with Crippen molar-refractivity contribution in [1.29, 1.82) is 0 Å². The maximum atomic E-state index is 13.9. The molecule has 2 rings (SSSR count). The molecule has 0 aromatic heterocycles. The molecule has 0 fully saturated rings. The van der Waals surface area contributed by atoms with Gasteiger partial charge in [0.2, 0.25) is 0 Å². The Morgan fingerprint density at radius 3 is 2.29 bits per heavy atom. The second-order valence-electron chi connectivity index (χ2n) is 4.19. The van der Waals surface area contributed by atoms with Gasteiger partial charge in [0.1, 0.15) is 0 Å². The number of benzene rings is 2. The summed E-state index contributed by atoms with van der Waals surface area (Å²) in [6.07, 6.45) is 0. The van der Waals surface area contributed by atoms with Gasteiger partial charge in [0.25, 0.3) is 0 Å². The van der Waals surface area contributed by atoms with Crippen LogP contribution in [0, 0.1) is 11.6 Å². The first-order valence-corrected chi connectivity index (χ1v) is 5.92. The number of halogens is 2. The third kappa shape index (κ3) is 2.79. The topological polar surface area (TPSA) is 55.8 Å². The van der Waals surface area contributed by atoms with E-state index in [9.17, 15) is 13.6 Å². The number of rotatable bonds is 4. The van der Waals surface area contributed by atoms with Crippen LogP contribution < -0.4 is 9.47 Å². The lowest BCUT2D eigenvalue weighted by Gasteiger charge is -2.11. The van der Waals surface area contributed by atoms with Crippen LogP contribution in [-0.4, -0.2) is 25.3 Å². The van der Waals surface area contributed by atoms with E-state index in [4.69, 9.17) is 14.6 Å². The molecule has 21 heavy (non-hydrogen) atoms. The van der Waals surface area contributed by atoms with E-state index in [2.05, 4.69) is 0 Å². The Bertz CT molecular complexity index is 698. The number of hydrogen-bond acceptors (Lipinski definition) is 3. The number of ether oxygens (including phenoxy) is 2. The van der Waals surface area contributed by atoms with Crippen LogP contribution in [0.2, 0.25) is 0 Å². The smallest absolute Gasteiger partial charge is 0.335 e. The molecule has 0 aliphatic heterocycles. The van der Waals surface area contributed by atoms with Gasteiger partial charge in [-0.15, -0.1) is 0 Å². The first-order valence-electron chi connectivity index (χ1n) is 5.92. The Labute approximate surface area is 119 Å². The number of carboxylic acid groups (broad SMARTS) is 1. The van der Waals surface area contributed by atoms with Crippen LogP contribution in [0.3, 0.4) is 0 Å². The number of aromatic carboxylic acids is 1.